The maximum atomic E-state index is 13.1. The van der Waals surface area contributed by atoms with E-state index in [9.17, 15) is 9.59 Å². The van der Waals surface area contributed by atoms with Crippen LogP contribution in [-0.4, -0.2) is 35.4 Å². The topological polar surface area (TPSA) is 58.6 Å². The summed E-state index contributed by atoms with van der Waals surface area (Å²) in [5.41, 5.74) is 1.69. The SMILES string of the molecule is CCC(C(=O)NC(C)C)N(Cc1c(Cl)cccc1Cl)C(=O)COc1ccc(C)cc1. The van der Waals surface area contributed by atoms with Gasteiger partial charge in [-0.2, -0.15) is 0 Å². The number of hydrogen-bond acceptors (Lipinski definition) is 3. The number of amides is 2. The summed E-state index contributed by atoms with van der Waals surface area (Å²) in [6, 6.07) is 11.9. The van der Waals surface area contributed by atoms with Gasteiger partial charge in [0.2, 0.25) is 5.91 Å². The molecule has 0 heterocycles. The lowest BCUT2D eigenvalue weighted by molar-refractivity contribution is -0.143. The molecule has 0 aliphatic carbocycles. The maximum Gasteiger partial charge on any atom is 0.261 e. The van der Waals surface area contributed by atoms with Crippen LogP contribution in [0.15, 0.2) is 42.5 Å². The van der Waals surface area contributed by atoms with Crippen LogP contribution in [0.1, 0.15) is 38.3 Å². The molecular formula is C23H28Cl2N2O3. The lowest BCUT2D eigenvalue weighted by Crippen LogP contribution is -2.51. The zero-order chi connectivity index (χ0) is 22.3. The summed E-state index contributed by atoms with van der Waals surface area (Å²) >= 11 is 12.6. The van der Waals surface area contributed by atoms with E-state index >= 15 is 0 Å². The Kier molecular flexibility index (Phi) is 9.00. The van der Waals surface area contributed by atoms with Crippen molar-refractivity contribution in [2.24, 2.45) is 0 Å². The Bertz CT molecular complexity index is 849. The third-order valence-corrected chi connectivity index (χ3v) is 5.30. The molecule has 2 amide bonds. The first-order valence-electron chi connectivity index (χ1n) is 9.95. The summed E-state index contributed by atoms with van der Waals surface area (Å²) in [5.74, 6) is 0.0426. The van der Waals surface area contributed by atoms with Crippen molar-refractivity contribution in [2.75, 3.05) is 6.61 Å². The first kappa shape index (κ1) is 24.0. The average molecular weight is 451 g/mol. The molecule has 1 atom stereocenters. The second kappa shape index (κ2) is 11.2. The zero-order valence-electron chi connectivity index (χ0n) is 17.7. The van der Waals surface area contributed by atoms with Crippen LogP contribution in [0, 0.1) is 6.92 Å². The van der Waals surface area contributed by atoms with Crippen molar-refractivity contribution < 1.29 is 14.3 Å². The minimum absolute atomic E-state index is 0.0452. The Labute approximate surface area is 188 Å². The van der Waals surface area contributed by atoms with Crippen molar-refractivity contribution in [1.29, 1.82) is 0 Å². The summed E-state index contributed by atoms with van der Waals surface area (Å²) in [7, 11) is 0. The summed E-state index contributed by atoms with van der Waals surface area (Å²) < 4.78 is 5.67. The van der Waals surface area contributed by atoms with Crippen molar-refractivity contribution in [3.8, 4) is 5.75 Å². The van der Waals surface area contributed by atoms with Gasteiger partial charge in [-0.3, -0.25) is 9.59 Å². The van der Waals surface area contributed by atoms with Crippen LogP contribution < -0.4 is 10.1 Å². The first-order valence-corrected chi connectivity index (χ1v) is 10.7. The summed E-state index contributed by atoms with van der Waals surface area (Å²) in [6.45, 7) is 7.50. The van der Waals surface area contributed by atoms with E-state index in [1.54, 1.807) is 30.3 Å². The fourth-order valence-corrected chi connectivity index (χ4v) is 3.53. The van der Waals surface area contributed by atoms with Gasteiger partial charge in [0.1, 0.15) is 11.8 Å². The van der Waals surface area contributed by atoms with Gasteiger partial charge in [0.05, 0.1) is 0 Å². The molecule has 1 N–H and O–H groups in total. The van der Waals surface area contributed by atoms with E-state index in [4.69, 9.17) is 27.9 Å². The van der Waals surface area contributed by atoms with Crippen LogP contribution in [0.25, 0.3) is 0 Å². The summed E-state index contributed by atoms with van der Waals surface area (Å²) in [5, 5.41) is 3.77. The molecular weight excluding hydrogens is 423 g/mol. The molecule has 1 unspecified atom stereocenters. The smallest absolute Gasteiger partial charge is 0.261 e. The predicted molar refractivity (Wildman–Crippen MR) is 121 cm³/mol. The van der Waals surface area contributed by atoms with Gasteiger partial charge in [-0.05, 0) is 51.5 Å². The number of carbonyl (C=O) groups excluding carboxylic acids is 2. The highest BCUT2D eigenvalue weighted by atomic mass is 35.5. The van der Waals surface area contributed by atoms with Crippen molar-refractivity contribution in [2.45, 2.75) is 52.7 Å². The van der Waals surface area contributed by atoms with E-state index in [0.29, 0.717) is 27.8 Å². The number of hydrogen-bond donors (Lipinski definition) is 1. The fourth-order valence-electron chi connectivity index (χ4n) is 3.02. The Morgan fingerprint density at radius 1 is 1.07 bits per heavy atom. The van der Waals surface area contributed by atoms with Crippen molar-refractivity contribution in [1.82, 2.24) is 10.2 Å². The van der Waals surface area contributed by atoms with Crippen molar-refractivity contribution >= 4 is 35.0 Å². The number of rotatable bonds is 9. The Balaban J connectivity index is 2.27. The molecule has 5 nitrogen and oxygen atoms in total. The van der Waals surface area contributed by atoms with Gasteiger partial charge in [-0.25, -0.2) is 0 Å². The molecule has 0 saturated heterocycles. The van der Waals surface area contributed by atoms with Gasteiger partial charge in [-0.1, -0.05) is 53.9 Å². The van der Waals surface area contributed by atoms with Gasteiger partial charge in [0.15, 0.2) is 6.61 Å². The third kappa shape index (κ3) is 6.64. The molecule has 0 aliphatic heterocycles. The predicted octanol–water partition coefficient (Wildman–Crippen LogP) is 5.01. The lowest BCUT2D eigenvalue weighted by Gasteiger charge is -2.31. The molecule has 0 aromatic heterocycles. The van der Waals surface area contributed by atoms with Crippen LogP contribution in [0.3, 0.4) is 0 Å². The minimum Gasteiger partial charge on any atom is -0.484 e. The van der Waals surface area contributed by atoms with Gasteiger partial charge in [0.25, 0.3) is 5.91 Å². The summed E-state index contributed by atoms with van der Waals surface area (Å²) in [6.07, 6.45) is 0.441. The molecule has 0 aliphatic rings. The highest BCUT2D eigenvalue weighted by Gasteiger charge is 2.30. The number of carbonyl (C=O) groups is 2. The van der Waals surface area contributed by atoms with Crippen LogP contribution in [0.5, 0.6) is 5.75 Å². The van der Waals surface area contributed by atoms with Gasteiger partial charge < -0.3 is 15.0 Å². The molecule has 2 rings (SSSR count). The highest BCUT2D eigenvalue weighted by molar-refractivity contribution is 6.36. The second-order valence-electron chi connectivity index (χ2n) is 7.41. The van der Waals surface area contributed by atoms with Crippen LogP contribution in [0.2, 0.25) is 10.0 Å². The second-order valence-corrected chi connectivity index (χ2v) is 8.23. The Morgan fingerprint density at radius 3 is 2.20 bits per heavy atom. The molecule has 2 aromatic carbocycles. The van der Waals surface area contributed by atoms with Gasteiger partial charge in [0, 0.05) is 28.2 Å². The number of benzene rings is 2. The summed E-state index contributed by atoms with van der Waals surface area (Å²) in [4.78, 5) is 27.4. The van der Waals surface area contributed by atoms with Crippen LogP contribution in [0.4, 0.5) is 0 Å². The number of nitrogens with zero attached hydrogens (tertiary/aromatic N) is 1. The molecule has 162 valence electrons. The monoisotopic (exact) mass is 450 g/mol. The van der Waals surface area contributed by atoms with Crippen LogP contribution >= 0.6 is 23.2 Å². The molecule has 0 radical (unpaired) electrons. The van der Waals surface area contributed by atoms with E-state index in [2.05, 4.69) is 5.32 Å². The molecule has 2 aromatic rings. The number of aryl methyl sites for hydroxylation is 1. The molecule has 0 fully saturated rings. The fraction of sp³-hybridized carbons (Fsp3) is 0.391. The number of ether oxygens (including phenoxy) is 1. The van der Waals surface area contributed by atoms with Crippen molar-refractivity contribution in [3.05, 3.63) is 63.6 Å². The largest absolute Gasteiger partial charge is 0.484 e. The van der Waals surface area contributed by atoms with Gasteiger partial charge in [-0.15, -0.1) is 0 Å². The van der Waals surface area contributed by atoms with E-state index < -0.39 is 6.04 Å². The van der Waals surface area contributed by atoms with Crippen LogP contribution in [-0.2, 0) is 16.1 Å². The molecule has 0 saturated carbocycles. The zero-order valence-corrected chi connectivity index (χ0v) is 19.3. The maximum absolute atomic E-state index is 13.1. The molecule has 0 spiro atoms. The number of nitrogens with one attached hydrogen (secondary N) is 1. The quantitative estimate of drug-likeness (QED) is 0.583. The molecule has 7 heteroatoms. The van der Waals surface area contributed by atoms with E-state index in [-0.39, 0.29) is 31.0 Å². The minimum atomic E-state index is -0.672. The molecule has 30 heavy (non-hydrogen) atoms. The highest BCUT2D eigenvalue weighted by Crippen LogP contribution is 2.27. The standard InChI is InChI=1S/C23H28Cl2N2O3/c1-5-21(23(29)26-15(2)3)27(13-18-19(24)7-6-8-20(18)25)22(28)14-30-17-11-9-16(4)10-12-17/h6-12,15,21H,5,13-14H2,1-4H3,(H,26,29). The Morgan fingerprint density at radius 2 is 1.67 bits per heavy atom. The lowest BCUT2D eigenvalue weighted by atomic mass is 10.1. The van der Waals surface area contributed by atoms with E-state index in [1.165, 1.54) is 4.90 Å². The third-order valence-electron chi connectivity index (χ3n) is 4.59. The Hall–Kier alpha value is -2.24. The normalized spacial score (nSPS) is 11.8. The van der Waals surface area contributed by atoms with Gasteiger partial charge >= 0.3 is 0 Å². The van der Waals surface area contributed by atoms with Crippen molar-refractivity contribution in [3.63, 3.8) is 0 Å². The molecule has 0 bridgehead atoms. The van der Waals surface area contributed by atoms with E-state index in [1.807, 2.05) is 39.8 Å². The number of halogens is 2. The first-order chi connectivity index (χ1) is 14.2. The average Bonchev–Trinajstić information content (AvgIpc) is 2.68. The van der Waals surface area contributed by atoms with E-state index in [0.717, 1.165) is 5.56 Å².